The van der Waals surface area contributed by atoms with Crippen molar-refractivity contribution >= 4 is 17.3 Å². The van der Waals surface area contributed by atoms with Gasteiger partial charge < -0.3 is 19.7 Å². The van der Waals surface area contributed by atoms with Gasteiger partial charge in [0.2, 0.25) is 17.7 Å². The van der Waals surface area contributed by atoms with E-state index >= 15 is 0 Å². The minimum Gasteiger partial charge on any atom is -0.480 e. The summed E-state index contributed by atoms with van der Waals surface area (Å²) in [6.07, 6.45) is -0.556. The zero-order valence-corrected chi connectivity index (χ0v) is 19.8. The SMILES string of the molecule is COc1cc(N2C[C@H]3CC[C@@H](C2)[C@@H]3Nc2nc3c(C(C)C)ccc(OCC(F)(F)F)n3n2)cnn1. The van der Waals surface area contributed by atoms with Crippen LogP contribution in [0.15, 0.2) is 24.4 Å². The Morgan fingerprint density at radius 3 is 2.57 bits per heavy atom. The first-order valence-electron chi connectivity index (χ1n) is 11.7. The molecule has 2 fully saturated rings. The first kappa shape index (κ1) is 23.4. The number of piperidine rings is 1. The lowest BCUT2D eigenvalue weighted by Crippen LogP contribution is -2.48. The van der Waals surface area contributed by atoms with Crippen LogP contribution in [-0.4, -0.2) is 63.8 Å². The molecular weight excluding hydrogens is 463 g/mol. The van der Waals surface area contributed by atoms with E-state index in [1.807, 2.05) is 19.9 Å². The number of ether oxygens (including phenoxy) is 2. The van der Waals surface area contributed by atoms with Crippen LogP contribution < -0.4 is 19.7 Å². The van der Waals surface area contributed by atoms with E-state index in [9.17, 15) is 13.2 Å². The predicted molar refractivity (Wildman–Crippen MR) is 123 cm³/mol. The van der Waals surface area contributed by atoms with Gasteiger partial charge in [-0.05, 0) is 42.2 Å². The van der Waals surface area contributed by atoms with E-state index in [1.54, 1.807) is 19.4 Å². The Morgan fingerprint density at radius 2 is 1.91 bits per heavy atom. The Kier molecular flexibility index (Phi) is 6.06. The minimum absolute atomic E-state index is 0.0131. The molecule has 0 unspecified atom stereocenters. The first-order valence-corrected chi connectivity index (χ1v) is 11.7. The highest BCUT2D eigenvalue weighted by Crippen LogP contribution is 2.40. The van der Waals surface area contributed by atoms with Crippen LogP contribution in [0.25, 0.3) is 5.65 Å². The molecule has 9 nitrogen and oxygen atoms in total. The molecule has 1 aliphatic carbocycles. The second kappa shape index (κ2) is 9.04. The molecule has 0 spiro atoms. The summed E-state index contributed by atoms with van der Waals surface area (Å²) in [6, 6.07) is 5.33. The normalized spacial score (nSPS) is 22.1. The van der Waals surface area contributed by atoms with Gasteiger partial charge in [-0.3, -0.25) is 0 Å². The standard InChI is InChI=1S/C23H28F3N7O2/c1-13(2)17-6-7-19(35-12-23(24,25)26)33-21(17)29-22(31-33)28-20-14-4-5-15(20)11-32(10-14)16-8-18(34-3)30-27-9-16/h6-9,13-15,20H,4-5,10-12H2,1-3H3,(H,28,31)/t14-,15+,20-. The van der Waals surface area contributed by atoms with Crippen molar-refractivity contribution in [1.29, 1.82) is 0 Å². The first-order chi connectivity index (χ1) is 16.7. The van der Waals surface area contributed by atoms with E-state index in [4.69, 9.17) is 9.47 Å². The minimum atomic E-state index is -4.44. The quantitative estimate of drug-likeness (QED) is 0.532. The number of methoxy groups -OCH3 is 1. The average Bonchev–Trinajstić information content (AvgIpc) is 3.33. The highest BCUT2D eigenvalue weighted by atomic mass is 19.4. The molecule has 4 heterocycles. The molecule has 1 aliphatic heterocycles. The maximum absolute atomic E-state index is 12.8. The molecule has 188 valence electrons. The summed E-state index contributed by atoms with van der Waals surface area (Å²) in [5, 5.41) is 16.0. The Morgan fingerprint density at radius 1 is 1.17 bits per heavy atom. The zero-order chi connectivity index (χ0) is 24.7. The number of halogens is 3. The van der Waals surface area contributed by atoms with Gasteiger partial charge in [-0.25, -0.2) is 0 Å². The molecule has 2 bridgehead atoms. The molecule has 0 amide bonds. The van der Waals surface area contributed by atoms with E-state index in [0.29, 0.717) is 29.3 Å². The molecule has 3 aromatic rings. The van der Waals surface area contributed by atoms with Crippen LogP contribution in [0.5, 0.6) is 11.8 Å². The number of aromatic nitrogens is 5. The molecule has 3 aromatic heterocycles. The molecule has 12 heteroatoms. The molecule has 2 aliphatic rings. The predicted octanol–water partition coefficient (Wildman–Crippen LogP) is 3.92. The Bertz CT molecular complexity index is 1190. The largest absolute Gasteiger partial charge is 0.480 e. The highest BCUT2D eigenvalue weighted by molar-refractivity contribution is 5.55. The second-order valence-electron chi connectivity index (χ2n) is 9.49. The highest BCUT2D eigenvalue weighted by Gasteiger charge is 2.43. The Labute approximate surface area is 200 Å². The lowest BCUT2D eigenvalue weighted by molar-refractivity contribution is -0.154. The summed E-state index contributed by atoms with van der Waals surface area (Å²) in [6.45, 7) is 4.31. The smallest absolute Gasteiger partial charge is 0.422 e. The fraction of sp³-hybridized carbons (Fsp3) is 0.565. The monoisotopic (exact) mass is 491 g/mol. The van der Waals surface area contributed by atoms with Crippen LogP contribution in [0, 0.1) is 11.8 Å². The third-order valence-electron chi connectivity index (χ3n) is 6.81. The van der Waals surface area contributed by atoms with Gasteiger partial charge in [-0.1, -0.05) is 13.8 Å². The number of nitrogens with one attached hydrogen (secondary N) is 1. The van der Waals surface area contributed by atoms with Crippen molar-refractivity contribution < 1.29 is 22.6 Å². The van der Waals surface area contributed by atoms with Gasteiger partial charge in [-0.2, -0.15) is 27.8 Å². The Balaban J connectivity index is 1.37. The number of rotatable bonds is 7. The molecular formula is C23H28F3N7O2. The van der Waals surface area contributed by atoms with E-state index in [-0.39, 0.29) is 17.8 Å². The third kappa shape index (κ3) is 4.78. The fourth-order valence-corrected chi connectivity index (χ4v) is 5.16. The summed E-state index contributed by atoms with van der Waals surface area (Å²) < 4.78 is 49.9. The lowest BCUT2D eigenvalue weighted by Gasteiger charge is -2.39. The maximum Gasteiger partial charge on any atom is 0.422 e. The van der Waals surface area contributed by atoms with Crippen LogP contribution in [0.1, 0.15) is 38.2 Å². The van der Waals surface area contributed by atoms with Gasteiger partial charge in [0.05, 0.1) is 19.0 Å². The van der Waals surface area contributed by atoms with E-state index in [0.717, 1.165) is 37.2 Å². The zero-order valence-electron chi connectivity index (χ0n) is 19.8. The van der Waals surface area contributed by atoms with Crippen LogP contribution >= 0.6 is 0 Å². The van der Waals surface area contributed by atoms with Crippen molar-refractivity contribution in [2.24, 2.45) is 11.8 Å². The van der Waals surface area contributed by atoms with Gasteiger partial charge >= 0.3 is 6.18 Å². The summed E-state index contributed by atoms with van der Waals surface area (Å²) >= 11 is 0. The number of pyridine rings is 1. The molecule has 5 rings (SSSR count). The molecule has 35 heavy (non-hydrogen) atoms. The molecule has 0 aromatic carbocycles. The van der Waals surface area contributed by atoms with Crippen molar-refractivity contribution in [2.75, 3.05) is 37.0 Å². The fourth-order valence-electron chi connectivity index (χ4n) is 5.16. The van der Waals surface area contributed by atoms with Gasteiger partial charge in [-0.15, -0.1) is 10.2 Å². The second-order valence-corrected chi connectivity index (χ2v) is 9.49. The van der Waals surface area contributed by atoms with E-state index < -0.39 is 12.8 Å². The number of alkyl halides is 3. The number of fused-ring (bicyclic) bond motifs is 3. The van der Waals surface area contributed by atoms with Crippen LogP contribution in [-0.2, 0) is 0 Å². The van der Waals surface area contributed by atoms with Gasteiger partial charge in [0.25, 0.3) is 0 Å². The number of nitrogens with zero attached hydrogens (tertiary/aromatic N) is 6. The van der Waals surface area contributed by atoms with E-state index in [2.05, 4.69) is 30.5 Å². The van der Waals surface area contributed by atoms with Crippen LogP contribution in [0.4, 0.5) is 24.8 Å². The molecule has 0 radical (unpaired) electrons. The van der Waals surface area contributed by atoms with Crippen molar-refractivity contribution in [3.05, 3.63) is 30.0 Å². The maximum atomic E-state index is 12.8. The molecule has 1 N–H and O–H groups in total. The summed E-state index contributed by atoms with van der Waals surface area (Å²) in [5.41, 5.74) is 2.37. The molecule has 3 atom stereocenters. The average molecular weight is 492 g/mol. The summed E-state index contributed by atoms with van der Waals surface area (Å²) in [5.74, 6) is 1.75. The van der Waals surface area contributed by atoms with Crippen LogP contribution in [0.3, 0.4) is 0 Å². The van der Waals surface area contributed by atoms with Crippen LogP contribution in [0.2, 0.25) is 0 Å². The van der Waals surface area contributed by atoms with Gasteiger partial charge in [0.15, 0.2) is 12.3 Å². The van der Waals surface area contributed by atoms with Crippen molar-refractivity contribution in [3.63, 3.8) is 0 Å². The van der Waals surface area contributed by atoms with Crippen molar-refractivity contribution in [3.8, 4) is 11.8 Å². The number of hydrogen-bond acceptors (Lipinski definition) is 8. The van der Waals surface area contributed by atoms with Crippen molar-refractivity contribution in [1.82, 2.24) is 24.8 Å². The number of anilines is 2. The summed E-state index contributed by atoms with van der Waals surface area (Å²) in [4.78, 5) is 6.96. The van der Waals surface area contributed by atoms with Crippen molar-refractivity contribution in [2.45, 2.75) is 44.8 Å². The topological polar surface area (TPSA) is 89.7 Å². The molecule has 1 saturated heterocycles. The summed E-state index contributed by atoms with van der Waals surface area (Å²) in [7, 11) is 1.57. The Hall–Kier alpha value is -3.31. The van der Waals surface area contributed by atoms with E-state index in [1.165, 1.54) is 10.6 Å². The lowest BCUT2D eigenvalue weighted by atomic mass is 9.92. The third-order valence-corrected chi connectivity index (χ3v) is 6.81. The van der Waals surface area contributed by atoms with Gasteiger partial charge in [0.1, 0.15) is 0 Å². The van der Waals surface area contributed by atoms with Gasteiger partial charge in [0, 0.05) is 31.3 Å². The number of hydrogen-bond donors (Lipinski definition) is 1. The molecule has 1 saturated carbocycles.